The second-order valence-corrected chi connectivity index (χ2v) is 7.39. The summed E-state index contributed by atoms with van der Waals surface area (Å²) in [6.07, 6.45) is 1.54. The summed E-state index contributed by atoms with van der Waals surface area (Å²) >= 11 is 0. The van der Waals surface area contributed by atoms with Crippen LogP contribution in [-0.2, 0) is 4.79 Å². The molecule has 0 saturated carbocycles. The van der Waals surface area contributed by atoms with Gasteiger partial charge in [0.25, 0.3) is 11.8 Å². The summed E-state index contributed by atoms with van der Waals surface area (Å²) in [7, 11) is 0. The highest BCUT2D eigenvalue weighted by atomic mass is 16.5. The van der Waals surface area contributed by atoms with Crippen molar-refractivity contribution < 1.29 is 14.1 Å². The van der Waals surface area contributed by atoms with Gasteiger partial charge in [-0.15, -0.1) is 0 Å². The van der Waals surface area contributed by atoms with Crippen LogP contribution in [0.5, 0.6) is 0 Å². The minimum Gasteiger partial charge on any atom is -0.371 e. The first kappa shape index (κ1) is 19.6. The van der Waals surface area contributed by atoms with E-state index in [1.807, 2.05) is 24.3 Å². The summed E-state index contributed by atoms with van der Waals surface area (Å²) in [6.45, 7) is 3.35. The number of amides is 2. The Morgan fingerprint density at radius 2 is 1.73 bits per heavy atom. The third-order valence-corrected chi connectivity index (χ3v) is 5.31. The van der Waals surface area contributed by atoms with Gasteiger partial charge in [0.05, 0.1) is 0 Å². The van der Waals surface area contributed by atoms with Crippen LogP contribution in [0.3, 0.4) is 0 Å². The van der Waals surface area contributed by atoms with Crippen molar-refractivity contribution in [2.24, 2.45) is 11.7 Å². The van der Waals surface area contributed by atoms with Crippen LogP contribution in [0.4, 0.5) is 11.4 Å². The Hall–Kier alpha value is -3.68. The molecule has 1 aliphatic heterocycles. The molecule has 3 aromatic rings. The minimum absolute atomic E-state index is 0.0324. The van der Waals surface area contributed by atoms with Gasteiger partial charge in [-0.2, -0.15) is 4.98 Å². The van der Waals surface area contributed by atoms with E-state index in [1.165, 1.54) is 0 Å². The zero-order chi connectivity index (χ0) is 21.1. The fourth-order valence-corrected chi connectivity index (χ4v) is 3.56. The molecule has 1 saturated heterocycles. The molecule has 2 aromatic carbocycles. The molecule has 1 fully saturated rings. The number of primary amides is 1. The predicted octanol–water partition coefficient (Wildman–Crippen LogP) is 3.00. The lowest BCUT2D eigenvalue weighted by Crippen LogP contribution is -2.38. The van der Waals surface area contributed by atoms with Gasteiger partial charge in [-0.05, 0) is 68.3 Å². The lowest BCUT2D eigenvalue weighted by atomic mass is 9.96. The first-order valence-corrected chi connectivity index (χ1v) is 9.86. The van der Waals surface area contributed by atoms with Gasteiger partial charge in [0, 0.05) is 41.5 Å². The SMILES string of the molecule is Cc1noc(-c2ccc(C(=O)Nc3ccc(N4CCC(C(N)=O)CC4)cc3)cc2)n1. The maximum atomic E-state index is 12.5. The Bertz CT molecular complexity index is 1040. The standard InChI is InChI=1S/C22H23N5O3/c1-14-24-22(30-26-14)17-4-2-16(3-5-17)21(29)25-18-6-8-19(9-7-18)27-12-10-15(11-13-27)20(23)28/h2-9,15H,10-13H2,1H3,(H2,23,28)(H,25,29). The van der Waals surface area contributed by atoms with Crippen molar-refractivity contribution in [3.63, 3.8) is 0 Å². The van der Waals surface area contributed by atoms with Crippen molar-refractivity contribution in [1.29, 1.82) is 0 Å². The van der Waals surface area contributed by atoms with Crippen LogP contribution in [-0.4, -0.2) is 35.0 Å². The van der Waals surface area contributed by atoms with Crippen LogP contribution in [0.1, 0.15) is 29.0 Å². The van der Waals surface area contributed by atoms with Gasteiger partial charge in [0.1, 0.15) is 0 Å². The van der Waals surface area contributed by atoms with Gasteiger partial charge in [-0.3, -0.25) is 9.59 Å². The number of carbonyl (C=O) groups is 2. The lowest BCUT2D eigenvalue weighted by molar-refractivity contribution is -0.122. The Morgan fingerprint density at radius 3 is 2.30 bits per heavy atom. The largest absolute Gasteiger partial charge is 0.371 e. The molecule has 1 aromatic heterocycles. The number of nitrogens with one attached hydrogen (secondary N) is 1. The molecule has 8 nitrogen and oxygen atoms in total. The van der Waals surface area contributed by atoms with E-state index in [9.17, 15) is 9.59 Å². The van der Waals surface area contributed by atoms with E-state index in [0.717, 1.165) is 37.2 Å². The summed E-state index contributed by atoms with van der Waals surface area (Å²) in [5.74, 6) is 0.545. The Kier molecular flexibility index (Phi) is 5.47. The Balaban J connectivity index is 1.36. The van der Waals surface area contributed by atoms with Crippen molar-refractivity contribution >= 4 is 23.2 Å². The van der Waals surface area contributed by atoms with Crippen LogP contribution in [0.25, 0.3) is 11.5 Å². The number of carbonyl (C=O) groups excluding carboxylic acids is 2. The van der Waals surface area contributed by atoms with Crippen molar-refractivity contribution in [2.45, 2.75) is 19.8 Å². The number of hydrogen-bond donors (Lipinski definition) is 2. The van der Waals surface area contributed by atoms with E-state index in [2.05, 4.69) is 20.4 Å². The maximum Gasteiger partial charge on any atom is 0.257 e. The predicted molar refractivity (Wildman–Crippen MR) is 113 cm³/mol. The highest BCUT2D eigenvalue weighted by molar-refractivity contribution is 6.04. The monoisotopic (exact) mass is 405 g/mol. The molecule has 154 valence electrons. The number of aromatic nitrogens is 2. The summed E-state index contributed by atoms with van der Waals surface area (Å²) in [5.41, 5.74) is 8.47. The molecule has 0 aliphatic carbocycles. The molecule has 0 atom stereocenters. The summed E-state index contributed by atoms with van der Waals surface area (Å²) in [5, 5.41) is 6.67. The van der Waals surface area contributed by atoms with Crippen LogP contribution in [0.2, 0.25) is 0 Å². The highest BCUT2D eigenvalue weighted by Gasteiger charge is 2.23. The van der Waals surface area contributed by atoms with E-state index in [1.54, 1.807) is 31.2 Å². The van der Waals surface area contributed by atoms with E-state index >= 15 is 0 Å². The van der Waals surface area contributed by atoms with Crippen molar-refractivity contribution in [3.05, 3.63) is 59.9 Å². The Morgan fingerprint density at radius 1 is 1.07 bits per heavy atom. The molecule has 0 radical (unpaired) electrons. The van der Waals surface area contributed by atoms with E-state index in [0.29, 0.717) is 23.0 Å². The maximum absolute atomic E-state index is 12.5. The van der Waals surface area contributed by atoms with Crippen LogP contribution in [0.15, 0.2) is 53.1 Å². The number of piperidine rings is 1. The molecule has 2 amide bonds. The van der Waals surface area contributed by atoms with E-state index < -0.39 is 0 Å². The zero-order valence-electron chi connectivity index (χ0n) is 16.7. The third kappa shape index (κ3) is 4.32. The number of anilines is 2. The molecule has 0 unspecified atom stereocenters. The van der Waals surface area contributed by atoms with Crippen molar-refractivity contribution in [2.75, 3.05) is 23.3 Å². The van der Waals surface area contributed by atoms with Crippen LogP contribution in [0, 0.1) is 12.8 Å². The highest BCUT2D eigenvalue weighted by Crippen LogP contribution is 2.25. The first-order valence-electron chi connectivity index (χ1n) is 9.86. The average Bonchev–Trinajstić information content (AvgIpc) is 3.21. The van der Waals surface area contributed by atoms with Gasteiger partial charge in [0.2, 0.25) is 5.91 Å². The average molecular weight is 405 g/mol. The Labute approximate surface area is 174 Å². The molecule has 3 N–H and O–H groups in total. The lowest BCUT2D eigenvalue weighted by Gasteiger charge is -2.32. The van der Waals surface area contributed by atoms with Crippen molar-refractivity contribution in [3.8, 4) is 11.5 Å². The summed E-state index contributed by atoms with van der Waals surface area (Å²) < 4.78 is 5.14. The zero-order valence-corrected chi connectivity index (χ0v) is 16.7. The van der Waals surface area contributed by atoms with Gasteiger partial charge in [0.15, 0.2) is 5.82 Å². The number of aryl methyl sites for hydroxylation is 1. The van der Waals surface area contributed by atoms with Crippen LogP contribution < -0.4 is 16.0 Å². The minimum atomic E-state index is -0.215. The van der Waals surface area contributed by atoms with Gasteiger partial charge >= 0.3 is 0 Å². The number of rotatable bonds is 5. The molecular weight excluding hydrogens is 382 g/mol. The fraction of sp³-hybridized carbons (Fsp3) is 0.273. The number of hydrogen-bond acceptors (Lipinski definition) is 6. The van der Waals surface area contributed by atoms with E-state index in [4.69, 9.17) is 10.3 Å². The normalized spacial score (nSPS) is 14.5. The molecule has 1 aliphatic rings. The van der Waals surface area contributed by atoms with Crippen molar-refractivity contribution in [1.82, 2.24) is 10.1 Å². The van der Waals surface area contributed by atoms with Gasteiger partial charge in [-0.1, -0.05) is 5.16 Å². The number of nitrogens with two attached hydrogens (primary N) is 1. The molecule has 30 heavy (non-hydrogen) atoms. The molecule has 4 rings (SSSR count). The molecule has 0 bridgehead atoms. The summed E-state index contributed by atoms with van der Waals surface area (Å²) in [4.78, 5) is 30.2. The third-order valence-electron chi connectivity index (χ3n) is 5.31. The fourth-order valence-electron chi connectivity index (χ4n) is 3.56. The summed E-state index contributed by atoms with van der Waals surface area (Å²) in [6, 6.07) is 14.7. The molecular formula is C22H23N5O3. The van der Waals surface area contributed by atoms with Crippen LogP contribution >= 0.6 is 0 Å². The van der Waals surface area contributed by atoms with Gasteiger partial charge < -0.3 is 20.5 Å². The van der Waals surface area contributed by atoms with E-state index in [-0.39, 0.29) is 17.7 Å². The molecule has 2 heterocycles. The first-order chi connectivity index (χ1) is 14.5. The topological polar surface area (TPSA) is 114 Å². The second-order valence-electron chi connectivity index (χ2n) is 7.39. The molecule has 0 spiro atoms. The quantitative estimate of drug-likeness (QED) is 0.674. The smallest absolute Gasteiger partial charge is 0.257 e. The number of benzene rings is 2. The number of nitrogens with zero attached hydrogens (tertiary/aromatic N) is 3. The van der Waals surface area contributed by atoms with Gasteiger partial charge in [-0.25, -0.2) is 0 Å². The molecule has 8 heteroatoms. The second kappa shape index (κ2) is 8.36.